The Morgan fingerprint density at radius 2 is 1.74 bits per heavy atom. The maximum atomic E-state index is 13.7. The van der Waals surface area contributed by atoms with Gasteiger partial charge in [0.25, 0.3) is 5.91 Å². The van der Waals surface area contributed by atoms with E-state index in [1.54, 1.807) is 36.9 Å². The smallest absolute Gasteiger partial charge is 0.387 e. The van der Waals surface area contributed by atoms with Gasteiger partial charge in [-0.1, -0.05) is 18.2 Å². The molecule has 6 nitrogen and oxygen atoms in total. The fourth-order valence-electron chi connectivity index (χ4n) is 3.41. The fraction of sp³-hybridized carbons (Fsp3) is 0.364. The van der Waals surface area contributed by atoms with Crippen molar-refractivity contribution in [2.45, 2.75) is 26.5 Å². The van der Waals surface area contributed by atoms with Gasteiger partial charge in [-0.05, 0) is 43.7 Å². The summed E-state index contributed by atoms with van der Waals surface area (Å²) in [6.45, 7) is 1.89. The van der Waals surface area contributed by atoms with Crippen LogP contribution in [0.25, 0.3) is 0 Å². The molecule has 0 radical (unpaired) electrons. The number of piperazine rings is 1. The van der Waals surface area contributed by atoms with E-state index in [0.29, 0.717) is 37.4 Å². The van der Waals surface area contributed by atoms with Crippen molar-refractivity contribution in [2.24, 2.45) is 0 Å². The maximum absolute atomic E-state index is 13.7. The largest absolute Gasteiger partial charge is 0.434 e. The predicted molar refractivity (Wildman–Crippen MR) is 110 cm³/mol. The van der Waals surface area contributed by atoms with Gasteiger partial charge in [0.15, 0.2) is 0 Å². The monoisotopic (exact) mass is 435 g/mol. The lowest BCUT2D eigenvalue weighted by Crippen LogP contribution is -2.54. The fourth-order valence-corrected chi connectivity index (χ4v) is 3.41. The van der Waals surface area contributed by atoms with E-state index >= 15 is 0 Å². The van der Waals surface area contributed by atoms with Crippen LogP contribution in [0.5, 0.6) is 5.75 Å². The average molecular weight is 435 g/mol. The Labute approximate surface area is 178 Å². The van der Waals surface area contributed by atoms with Crippen LogP contribution in [0.2, 0.25) is 0 Å². The molecule has 2 aromatic carbocycles. The molecule has 0 aliphatic carbocycles. The van der Waals surface area contributed by atoms with Crippen molar-refractivity contribution in [2.75, 3.05) is 31.5 Å². The highest BCUT2D eigenvalue weighted by Gasteiger charge is 2.29. The molecule has 0 spiro atoms. The molecule has 1 N–H and O–H groups in total. The summed E-state index contributed by atoms with van der Waals surface area (Å²) in [6, 6.07) is 9.90. The number of hydrogen-bond donors (Lipinski definition) is 1. The van der Waals surface area contributed by atoms with Crippen LogP contribution in [0.4, 0.5) is 18.9 Å². The van der Waals surface area contributed by atoms with E-state index in [1.165, 1.54) is 24.3 Å². The molecule has 0 bridgehead atoms. The number of ether oxygens (including phenoxy) is 1. The molecule has 0 saturated carbocycles. The molecule has 1 heterocycles. The zero-order valence-corrected chi connectivity index (χ0v) is 17.3. The lowest BCUT2D eigenvalue weighted by molar-refractivity contribution is -0.121. The number of carbonyl (C=O) groups is 2. The van der Waals surface area contributed by atoms with Crippen LogP contribution in [-0.2, 0) is 4.79 Å². The third-order valence-electron chi connectivity index (χ3n) is 5.30. The second-order valence-electron chi connectivity index (χ2n) is 7.33. The van der Waals surface area contributed by atoms with Gasteiger partial charge in [0.2, 0.25) is 5.91 Å². The van der Waals surface area contributed by atoms with Crippen molar-refractivity contribution < 1.29 is 27.5 Å². The van der Waals surface area contributed by atoms with E-state index in [9.17, 15) is 22.8 Å². The number of para-hydroxylation sites is 1. The highest BCUT2D eigenvalue weighted by Crippen LogP contribution is 2.23. The lowest BCUT2D eigenvalue weighted by atomic mass is 10.1. The van der Waals surface area contributed by atoms with Gasteiger partial charge in [-0.3, -0.25) is 14.5 Å². The Kier molecular flexibility index (Phi) is 7.17. The predicted octanol–water partition coefficient (Wildman–Crippen LogP) is 3.52. The summed E-state index contributed by atoms with van der Waals surface area (Å²) >= 11 is 0. The van der Waals surface area contributed by atoms with Crippen LogP contribution < -0.4 is 10.1 Å². The molecule has 0 aromatic heterocycles. The van der Waals surface area contributed by atoms with Gasteiger partial charge in [0, 0.05) is 31.9 Å². The second kappa shape index (κ2) is 9.82. The molecule has 2 aromatic rings. The van der Waals surface area contributed by atoms with Gasteiger partial charge >= 0.3 is 6.61 Å². The topological polar surface area (TPSA) is 61.9 Å². The van der Waals surface area contributed by atoms with E-state index < -0.39 is 24.4 Å². The summed E-state index contributed by atoms with van der Waals surface area (Å²) in [5.74, 6) is -1.24. The SMILES string of the molecule is Cc1ccc(NC(=O)C(C)N2CCN(C(=O)c3ccccc3OC(F)F)CC2)cc1F. The molecule has 1 aliphatic heterocycles. The standard InChI is InChI=1S/C22H24F3N3O3/c1-14-7-8-16(13-18(14)23)26-20(29)15(2)27-9-11-28(12-10-27)21(30)17-5-3-4-6-19(17)31-22(24)25/h3-8,13,15,22H,9-12H2,1-2H3,(H,26,29). The maximum Gasteiger partial charge on any atom is 0.387 e. The summed E-state index contributed by atoms with van der Waals surface area (Å²) in [7, 11) is 0. The van der Waals surface area contributed by atoms with Crippen molar-refractivity contribution >= 4 is 17.5 Å². The number of anilines is 1. The number of alkyl halides is 2. The Morgan fingerprint density at radius 3 is 2.39 bits per heavy atom. The molecule has 31 heavy (non-hydrogen) atoms. The van der Waals surface area contributed by atoms with E-state index in [-0.39, 0.29) is 17.2 Å². The number of nitrogens with zero attached hydrogens (tertiary/aromatic N) is 2. The van der Waals surface area contributed by atoms with Crippen molar-refractivity contribution in [3.8, 4) is 5.75 Å². The highest BCUT2D eigenvalue weighted by molar-refractivity contribution is 5.97. The summed E-state index contributed by atoms with van der Waals surface area (Å²) in [6.07, 6.45) is 0. The van der Waals surface area contributed by atoms with Gasteiger partial charge in [0.1, 0.15) is 11.6 Å². The Bertz CT molecular complexity index is 947. The highest BCUT2D eigenvalue weighted by atomic mass is 19.3. The third-order valence-corrected chi connectivity index (χ3v) is 5.30. The normalized spacial score (nSPS) is 15.6. The number of rotatable bonds is 6. The second-order valence-corrected chi connectivity index (χ2v) is 7.33. The summed E-state index contributed by atoms with van der Waals surface area (Å²) < 4.78 is 43.4. The van der Waals surface area contributed by atoms with Crippen LogP contribution in [0.3, 0.4) is 0 Å². The number of halogens is 3. The van der Waals surface area contributed by atoms with E-state index in [2.05, 4.69) is 10.1 Å². The first kappa shape index (κ1) is 22.6. The van der Waals surface area contributed by atoms with Crippen LogP contribution in [-0.4, -0.2) is 60.4 Å². The van der Waals surface area contributed by atoms with Crippen molar-refractivity contribution in [3.63, 3.8) is 0 Å². The van der Waals surface area contributed by atoms with E-state index in [0.717, 1.165) is 0 Å². The number of amides is 2. The first-order chi connectivity index (χ1) is 14.8. The third kappa shape index (κ3) is 5.55. The van der Waals surface area contributed by atoms with E-state index in [1.807, 2.05) is 4.90 Å². The molecule has 2 amide bonds. The molecule has 3 rings (SSSR count). The van der Waals surface area contributed by atoms with Crippen molar-refractivity contribution in [1.29, 1.82) is 0 Å². The number of carbonyl (C=O) groups excluding carboxylic acids is 2. The van der Waals surface area contributed by atoms with Crippen molar-refractivity contribution in [1.82, 2.24) is 9.80 Å². The average Bonchev–Trinajstić information content (AvgIpc) is 2.75. The minimum Gasteiger partial charge on any atom is -0.434 e. The molecule has 9 heteroatoms. The van der Waals surface area contributed by atoms with Crippen LogP contribution in [0.15, 0.2) is 42.5 Å². The van der Waals surface area contributed by atoms with Crippen LogP contribution in [0.1, 0.15) is 22.8 Å². The number of hydrogen-bond acceptors (Lipinski definition) is 4. The van der Waals surface area contributed by atoms with Crippen molar-refractivity contribution in [3.05, 3.63) is 59.4 Å². The molecule has 1 aliphatic rings. The van der Waals surface area contributed by atoms with Gasteiger partial charge in [-0.25, -0.2) is 4.39 Å². The molecule has 166 valence electrons. The first-order valence-corrected chi connectivity index (χ1v) is 9.90. The summed E-state index contributed by atoms with van der Waals surface area (Å²) in [4.78, 5) is 28.8. The molecule has 1 saturated heterocycles. The molecular formula is C22H24F3N3O3. The zero-order valence-electron chi connectivity index (χ0n) is 17.3. The van der Waals surface area contributed by atoms with Gasteiger partial charge in [-0.15, -0.1) is 0 Å². The quantitative estimate of drug-likeness (QED) is 0.754. The molecule has 1 atom stereocenters. The van der Waals surface area contributed by atoms with E-state index in [4.69, 9.17) is 0 Å². The summed E-state index contributed by atoms with van der Waals surface area (Å²) in [5.41, 5.74) is 0.945. The van der Waals surface area contributed by atoms with Crippen LogP contribution in [0, 0.1) is 12.7 Å². The number of nitrogens with one attached hydrogen (secondary N) is 1. The number of aryl methyl sites for hydroxylation is 1. The first-order valence-electron chi connectivity index (χ1n) is 9.90. The minimum absolute atomic E-state index is 0.0726. The summed E-state index contributed by atoms with van der Waals surface area (Å²) in [5, 5.41) is 2.70. The zero-order chi connectivity index (χ0) is 22.5. The van der Waals surface area contributed by atoms with Crippen LogP contribution >= 0.6 is 0 Å². The Hall–Kier alpha value is -3.07. The van der Waals surface area contributed by atoms with Gasteiger partial charge in [-0.2, -0.15) is 8.78 Å². The molecule has 1 unspecified atom stereocenters. The molecular weight excluding hydrogens is 411 g/mol. The Balaban J connectivity index is 1.58. The molecule has 1 fully saturated rings. The van der Waals surface area contributed by atoms with Gasteiger partial charge in [0.05, 0.1) is 11.6 Å². The lowest BCUT2D eigenvalue weighted by Gasteiger charge is -2.37. The Morgan fingerprint density at radius 1 is 1.06 bits per heavy atom. The minimum atomic E-state index is -3.02. The number of benzene rings is 2. The van der Waals surface area contributed by atoms with Gasteiger partial charge < -0.3 is 15.0 Å².